The van der Waals surface area contributed by atoms with Crippen LogP contribution in [0.25, 0.3) is 0 Å². The van der Waals surface area contributed by atoms with Gasteiger partial charge in [-0.3, -0.25) is 0 Å². The van der Waals surface area contributed by atoms with Crippen molar-refractivity contribution >= 4 is 0 Å². The van der Waals surface area contributed by atoms with E-state index in [1.165, 1.54) is 70.6 Å². The fourth-order valence-corrected chi connectivity index (χ4v) is 2.80. The Morgan fingerprint density at radius 1 is 0.750 bits per heavy atom. The second kappa shape index (κ2) is 24.6. The average molecular weight is 403 g/mol. The summed E-state index contributed by atoms with van der Waals surface area (Å²) in [5, 5.41) is 9.27. The van der Waals surface area contributed by atoms with E-state index in [4.69, 9.17) is 18.9 Å². The van der Waals surface area contributed by atoms with E-state index >= 15 is 0 Å². The lowest BCUT2D eigenvalue weighted by molar-refractivity contribution is -0.128. The van der Waals surface area contributed by atoms with E-state index in [-0.39, 0.29) is 19.5 Å². The molecule has 0 aliphatic rings. The van der Waals surface area contributed by atoms with Gasteiger partial charge in [0, 0.05) is 13.7 Å². The number of ether oxygens (including phenoxy) is 4. The van der Waals surface area contributed by atoms with Crippen molar-refractivity contribution < 1.29 is 24.1 Å². The van der Waals surface area contributed by atoms with Crippen molar-refractivity contribution in [3.05, 3.63) is 12.2 Å². The van der Waals surface area contributed by atoms with E-state index in [9.17, 15) is 5.11 Å². The summed E-state index contributed by atoms with van der Waals surface area (Å²) in [7, 11) is 1.63. The maximum Gasteiger partial charge on any atom is 0.147 e. The van der Waals surface area contributed by atoms with Crippen LogP contribution in [0.2, 0.25) is 0 Å². The molecule has 0 saturated heterocycles. The lowest BCUT2D eigenvalue weighted by atomic mass is 10.1. The fourth-order valence-electron chi connectivity index (χ4n) is 2.80. The lowest BCUT2D eigenvalue weighted by Crippen LogP contribution is -2.25. The topological polar surface area (TPSA) is 57.2 Å². The molecule has 0 rings (SSSR count). The molecule has 1 N–H and O–H groups in total. The molecule has 0 aromatic carbocycles. The Labute approximate surface area is 173 Å². The van der Waals surface area contributed by atoms with Gasteiger partial charge in [0.15, 0.2) is 0 Å². The van der Waals surface area contributed by atoms with Crippen molar-refractivity contribution in [2.45, 2.75) is 90.1 Å². The molecule has 0 aromatic rings. The minimum atomic E-state index is -0.316. The largest absolute Gasteiger partial charge is 0.394 e. The summed E-state index contributed by atoms with van der Waals surface area (Å²) in [6.45, 7) is 4.53. The predicted molar refractivity (Wildman–Crippen MR) is 116 cm³/mol. The lowest BCUT2D eigenvalue weighted by Gasteiger charge is -2.15. The van der Waals surface area contributed by atoms with Gasteiger partial charge in [0.05, 0.1) is 26.4 Å². The molecule has 0 heterocycles. The highest BCUT2D eigenvalue weighted by molar-refractivity contribution is 4.81. The minimum Gasteiger partial charge on any atom is -0.394 e. The Balaban J connectivity index is 3.24. The Kier molecular flexibility index (Phi) is 24.2. The number of hydrogen-bond acceptors (Lipinski definition) is 5. The van der Waals surface area contributed by atoms with Crippen molar-refractivity contribution in [2.24, 2.45) is 0 Å². The zero-order chi connectivity index (χ0) is 20.5. The molecule has 5 heteroatoms. The SMILES string of the molecule is CCCC/C=C\CCCCCCCCCCOCC(CO)OCOCCOC. The Morgan fingerprint density at radius 3 is 2.04 bits per heavy atom. The molecule has 1 unspecified atom stereocenters. The van der Waals surface area contributed by atoms with Crippen LogP contribution in [0.3, 0.4) is 0 Å². The highest BCUT2D eigenvalue weighted by Crippen LogP contribution is 2.10. The molecule has 5 nitrogen and oxygen atoms in total. The Bertz CT molecular complexity index is 309. The number of aliphatic hydroxyl groups is 1. The number of allylic oxidation sites excluding steroid dienone is 2. The number of rotatable bonds is 23. The van der Waals surface area contributed by atoms with E-state index in [1.54, 1.807) is 7.11 Å². The minimum absolute atomic E-state index is 0.0534. The van der Waals surface area contributed by atoms with Crippen LogP contribution in [0.4, 0.5) is 0 Å². The summed E-state index contributed by atoms with van der Waals surface area (Å²) in [5.41, 5.74) is 0. The van der Waals surface area contributed by atoms with Crippen LogP contribution in [0.15, 0.2) is 12.2 Å². The molecule has 0 radical (unpaired) electrons. The molecule has 0 amide bonds. The van der Waals surface area contributed by atoms with Crippen molar-refractivity contribution in [2.75, 3.05) is 46.9 Å². The first kappa shape index (κ1) is 27.5. The monoisotopic (exact) mass is 402 g/mol. The summed E-state index contributed by atoms with van der Waals surface area (Å²) in [5.74, 6) is 0. The fraction of sp³-hybridized carbons (Fsp3) is 0.913. The van der Waals surface area contributed by atoms with E-state index in [1.807, 2.05) is 0 Å². The second-order valence-electron chi connectivity index (χ2n) is 7.30. The van der Waals surface area contributed by atoms with Gasteiger partial charge in [-0.25, -0.2) is 0 Å². The third-order valence-electron chi connectivity index (χ3n) is 4.63. The third kappa shape index (κ3) is 21.8. The maximum atomic E-state index is 9.27. The van der Waals surface area contributed by atoms with Crippen LogP contribution < -0.4 is 0 Å². The molecule has 0 bridgehead atoms. The van der Waals surface area contributed by atoms with Gasteiger partial charge in [0.1, 0.15) is 12.9 Å². The Morgan fingerprint density at radius 2 is 1.39 bits per heavy atom. The normalized spacial score (nSPS) is 12.8. The van der Waals surface area contributed by atoms with Crippen molar-refractivity contribution in [1.82, 2.24) is 0 Å². The van der Waals surface area contributed by atoms with Gasteiger partial charge in [-0.05, 0) is 25.7 Å². The van der Waals surface area contributed by atoms with Gasteiger partial charge in [0.25, 0.3) is 0 Å². The molecule has 0 aliphatic heterocycles. The number of hydrogen-bond donors (Lipinski definition) is 1. The molecule has 0 aliphatic carbocycles. The molecule has 0 spiro atoms. The Hall–Kier alpha value is -0.460. The summed E-state index contributed by atoms with van der Waals surface area (Å²) < 4.78 is 21.1. The highest BCUT2D eigenvalue weighted by Gasteiger charge is 2.07. The first-order valence-electron chi connectivity index (χ1n) is 11.4. The number of methoxy groups -OCH3 is 1. The summed E-state index contributed by atoms with van der Waals surface area (Å²) >= 11 is 0. The molecule has 1 atom stereocenters. The molecule has 0 aromatic heterocycles. The van der Waals surface area contributed by atoms with Gasteiger partial charge in [-0.15, -0.1) is 0 Å². The smallest absolute Gasteiger partial charge is 0.147 e. The van der Waals surface area contributed by atoms with Crippen LogP contribution >= 0.6 is 0 Å². The molecular formula is C23H46O5. The standard InChI is InChI=1S/C23H46O5/c1-3-4-5-6-7-8-9-10-11-12-13-14-15-16-17-26-21-23(20-24)28-22-27-19-18-25-2/h6-7,23-24H,3-5,8-22H2,1-2H3/b7-6-. The quantitative estimate of drug-likeness (QED) is 0.144. The zero-order valence-corrected chi connectivity index (χ0v) is 18.5. The van der Waals surface area contributed by atoms with Crippen LogP contribution in [-0.2, 0) is 18.9 Å². The van der Waals surface area contributed by atoms with Gasteiger partial charge >= 0.3 is 0 Å². The molecule has 168 valence electrons. The van der Waals surface area contributed by atoms with Crippen molar-refractivity contribution in [3.63, 3.8) is 0 Å². The van der Waals surface area contributed by atoms with Crippen LogP contribution in [0, 0.1) is 0 Å². The maximum absolute atomic E-state index is 9.27. The van der Waals surface area contributed by atoms with Crippen molar-refractivity contribution in [3.8, 4) is 0 Å². The first-order valence-corrected chi connectivity index (χ1v) is 11.4. The zero-order valence-electron chi connectivity index (χ0n) is 18.5. The average Bonchev–Trinajstić information content (AvgIpc) is 2.71. The van der Waals surface area contributed by atoms with Crippen LogP contribution in [0.1, 0.15) is 84.0 Å². The van der Waals surface area contributed by atoms with E-state index in [2.05, 4.69) is 19.1 Å². The number of aliphatic hydroxyl groups excluding tert-OH is 1. The number of unbranched alkanes of at least 4 members (excludes halogenated alkanes) is 10. The van der Waals surface area contributed by atoms with Gasteiger partial charge < -0.3 is 24.1 Å². The third-order valence-corrected chi connectivity index (χ3v) is 4.63. The summed E-state index contributed by atoms with van der Waals surface area (Å²) in [6.07, 6.45) is 19.8. The predicted octanol–water partition coefficient (Wildman–Crippen LogP) is 5.26. The molecule has 0 fully saturated rings. The van der Waals surface area contributed by atoms with E-state index < -0.39 is 0 Å². The second-order valence-corrected chi connectivity index (χ2v) is 7.30. The van der Waals surface area contributed by atoms with E-state index in [0.717, 1.165) is 13.0 Å². The molecular weight excluding hydrogens is 356 g/mol. The van der Waals surface area contributed by atoms with Gasteiger partial charge in [-0.2, -0.15) is 0 Å². The van der Waals surface area contributed by atoms with Crippen LogP contribution in [0.5, 0.6) is 0 Å². The summed E-state index contributed by atoms with van der Waals surface area (Å²) in [6, 6.07) is 0. The molecule has 28 heavy (non-hydrogen) atoms. The van der Waals surface area contributed by atoms with Crippen LogP contribution in [-0.4, -0.2) is 58.1 Å². The van der Waals surface area contributed by atoms with Gasteiger partial charge in [-0.1, -0.05) is 70.4 Å². The highest BCUT2D eigenvalue weighted by atomic mass is 16.7. The van der Waals surface area contributed by atoms with Gasteiger partial charge in [0.2, 0.25) is 0 Å². The molecule has 0 saturated carbocycles. The van der Waals surface area contributed by atoms with E-state index in [0.29, 0.717) is 19.8 Å². The van der Waals surface area contributed by atoms with Crippen molar-refractivity contribution in [1.29, 1.82) is 0 Å². The first-order chi connectivity index (χ1) is 13.8. The summed E-state index contributed by atoms with van der Waals surface area (Å²) in [4.78, 5) is 0.